The van der Waals surface area contributed by atoms with E-state index in [2.05, 4.69) is 10.6 Å². The van der Waals surface area contributed by atoms with Crippen molar-refractivity contribution in [2.75, 3.05) is 33.2 Å². The molecule has 1 aliphatic rings. The Morgan fingerprint density at radius 1 is 1.39 bits per heavy atom. The molecule has 1 aliphatic heterocycles. The Balaban J connectivity index is 0.00000264. The third kappa shape index (κ3) is 6.15. The van der Waals surface area contributed by atoms with Crippen molar-refractivity contribution in [3.63, 3.8) is 0 Å². The number of rotatable bonds is 6. The summed E-state index contributed by atoms with van der Waals surface area (Å²) in [6.45, 7) is 2.38. The number of hydrogen-bond acceptors (Lipinski definition) is 3. The van der Waals surface area contributed by atoms with Crippen LogP contribution in [0, 0.1) is 11.7 Å². The lowest BCUT2D eigenvalue weighted by atomic mass is 10.1. The van der Waals surface area contributed by atoms with Gasteiger partial charge in [-0.25, -0.2) is 4.39 Å². The van der Waals surface area contributed by atoms with E-state index < -0.39 is 0 Å². The second-order valence-electron chi connectivity index (χ2n) is 5.64. The van der Waals surface area contributed by atoms with Crippen LogP contribution in [0.5, 0.6) is 0 Å². The molecule has 2 rings (SSSR count). The molecule has 128 valence electrons. The molecule has 1 aromatic carbocycles. The quantitative estimate of drug-likeness (QED) is 0.809. The van der Waals surface area contributed by atoms with E-state index in [9.17, 15) is 14.0 Å². The van der Waals surface area contributed by atoms with Gasteiger partial charge in [-0.2, -0.15) is 0 Å². The normalized spacial score (nSPS) is 16.8. The monoisotopic (exact) mass is 343 g/mol. The van der Waals surface area contributed by atoms with Gasteiger partial charge in [0.25, 0.3) is 0 Å². The molecule has 2 amide bonds. The molecule has 2 N–H and O–H groups in total. The van der Waals surface area contributed by atoms with Gasteiger partial charge in [-0.3, -0.25) is 9.59 Å². The van der Waals surface area contributed by atoms with Crippen LogP contribution in [0.25, 0.3) is 0 Å². The number of carbonyl (C=O) groups excluding carboxylic acids is 2. The molecule has 0 aliphatic carbocycles. The standard InChI is InChI=1S/C16H22FN3O2.ClH/c1-18-9-13-5-6-20(11-13)16(22)10-19-15(21)8-12-3-2-4-14(17)7-12;/h2-4,7,13,18H,5-6,8-11H2,1H3,(H,19,21);1H. The van der Waals surface area contributed by atoms with E-state index in [0.717, 1.165) is 26.1 Å². The number of likely N-dealkylation sites (tertiary alicyclic amines) is 1. The Bertz CT molecular complexity index is 542. The summed E-state index contributed by atoms with van der Waals surface area (Å²) in [6, 6.07) is 5.91. The number of carbonyl (C=O) groups is 2. The number of halogens is 2. The van der Waals surface area contributed by atoms with Gasteiger partial charge in [0.15, 0.2) is 0 Å². The van der Waals surface area contributed by atoms with Crippen molar-refractivity contribution >= 4 is 24.2 Å². The van der Waals surface area contributed by atoms with Crippen LogP contribution in [0.15, 0.2) is 24.3 Å². The number of amides is 2. The minimum Gasteiger partial charge on any atom is -0.347 e. The van der Waals surface area contributed by atoms with Gasteiger partial charge in [-0.1, -0.05) is 12.1 Å². The summed E-state index contributed by atoms with van der Waals surface area (Å²) in [6.07, 6.45) is 1.07. The van der Waals surface area contributed by atoms with Crippen molar-refractivity contribution in [1.29, 1.82) is 0 Å². The van der Waals surface area contributed by atoms with Gasteiger partial charge >= 0.3 is 0 Å². The maximum Gasteiger partial charge on any atom is 0.241 e. The first-order valence-electron chi connectivity index (χ1n) is 7.52. The molecule has 1 saturated heterocycles. The molecule has 0 spiro atoms. The van der Waals surface area contributed by atoms with Crippen molar-refractivity contribution in [2.24, 2.45) is 5.92 Å². The van der Waals surface area contributed by atoms with Gasteiger partial charge in [-0.05, 0) is 43.6 Å². The number of nitrogens with one attached hydrogen (secondary N) is 2. The molecule has 0 saturated carbocycles. The van der Waals surface area contributed by atoms with Crippen molar-refractivity contribution < 1.29 is 14.0 Å². The molecule has 1 heterocycles. The summed E-state index contributed by atoms with van der Waals surface area (Å²) in [5.41, 5.74) is 0.597. The second-order valence-corrected chi connectivity index (χ2v) is 5.64. The molecule has 1 atom stereocenters. The SMILES string of the molecule is CNCC1CCN(C(=O)CNC(=O)Cc2cccc(F)c2)C1.Cl. The van der Waals surface area contributed by atoms with E-state index in [1.165, 1.54) is 12.1 Å². The molecular formula is C16H23ClFN3O2. The summed E-state index contributed by atoms with van der Waals surface area (Å²) in [4.78, 5) is 25.6. The first kappa shape index (κ1) is 19.4. The fourth-order valence-corrected chi connectivity index (χ4v) is 2.70. The lowest BCUT2D eigenvalue weighted by Crippen LogP contribution is -2.39. The minimum atomic E-state index is -0.367. The molecule has 0 bridgehead atoms. The first-order chi connectivity index (χ1) is 10.6. The van der Waals surface area contributed by atoms with Gasteiger partial charge < -0.3 is 15.5 Å². The highest BCUT2D eigenvalue weighted by Crippen LogP contribution is 2.15. The van der Waals surface area contributed by atoms with Crippen LogP contribution in [-0.4, -0.2) is 49.9 Å². The van der Waals surface area contributed by atoms with Crippen LogP contribution in [0.2, 0.25) is 0 Å². The molecule has 7 heteroatoms. The molecule has 1 unspecified atom stereocenters. The zero-order chi connectivity index (χ0) is 15.9. The zero-order valence-corrected chi connectivity index (χ0v) is 14.0. The van der Waals surface area contributed by atoms with Crippen LogP contribution in [0.4, 0.5) is 4.39 Å². The highest BCUT2D eigenvalue weighted by molar-refractivity contribution is 5.86. The number of nitrogens with zero attached hydrogens (tertiary/aromatic N) is 1. The minimum absolute atomic E-state index is 0. The van der Waals surface area contributed by atoms with E-state index in [4.69, 9.17) is 0 Å². The predicted octanol–water partition coefficient (Wildman–Crippen LogP) is 0.974. The predicted molar refractivity (Wildman–Crippen MR) is 89.0 cm³/mol. The van der Waals surface area contributed by atoms with Gasteiger partial charge in [-0.15, -0.1) is 12.4 Å². The Morgan fingerprint density at radius 3 is 2.87 bits per heavy atom. The summed E-state index contributed by atoms with van der Waals surface area (Å²) in [7, 11) is 1.90. The molecule has 23 heavy (non-hydrogen) atoms. The lowest BCUT2D eigenvalue weighted by Gasteiger charge is -2.17. The van der Waals surface area contributed by atoms with Crippen LogP contribution in [0.3, 0.4) is 0 Å². The van der Waals surface area contributed by atoms with E-state index in [0.29, 0.717) is 11.5 Å². The second kappa shape index (κ2) is 9.47. The van der Waals surface area contributed by atoms with E-state index in [1.807, 2.05) is 7.05 Å². The molecular weight excluding hydrogens is 321 g/mol. The smallest absolute Gasteiger partial charge is 0.241 e. The molecule has 5 nitrogen and oxygen atoms in total. The van der Waals surface area contributed by atoms with Crippen LogP contribution in [0.1, 0.15) is 12.0 Å². The number of benzene rings is 1. The zero-order valence-electron chi connectivity index (χ0n) is 13.2. The molecule has 1 aromatic rings. The lowest BCUT2D eigenvalue weighted by molar-refractivity contribution is -0.132. The third-order valence-corrected chi connectivity index (χ3v) is 3.82. The summed E-state index contributed by atoms with van der Waals surface area (Å²) < 4.78 is 13.0. The Labute approximate surface area is 142 Å². The number of hydrogen-bond donors (Lipinski definition) is 2. The van der Waals surface area contributed by atoms with E-state index >= 15 is 0 Å². The highest BCUT2D eigenvalue weighted by atomic mass is 35.5. The van der Waals surface area contributed by atoms with Crippen molar-refractivity contribution in [3.8, 4) is 0 Å². The van der Waals surface area contributed by atoms with Gasteiger partial charge in [0.05, 0.1) is 13.0 Å². The highest BCUT2D eigenvalue weighted by Gasteiger charge is 2.25. The topological polar surface area (TPSA) is 61.4 Å². The van der Waals surface area contributed by atoms with Crippen LogP contribution >= 0.6 is 12.4 Å². The fraction of sp³-hybridized carbons (Fsp3) is 0.500. The fourth-order valence-electron chi connectivity index (χ4n) is 2.70. The Hall–Kier alpha value is -1.66. The summed E-state index contributed by atoms with van der Waals surface area (Å²) in [5.74, 6) is -0.220. The van der Waals surface area contributed by atoms with Gasteiger partial charge in [0.1, 0.15) is 5.82 Å². The van der Waals surface area contributed by atoms with Crippen LogP contribution < -0.4 is 10.6 Å². The van der Waals surface area contributed by atoms with Crippen molar-refractivity contribution in [1.82, 2.24) is 15.5 Å². The van der Waals surface area contributed by atoms with E-state index in [1.54, 1.807) is 17.0 Å². The summed E-state index contributed by atoms with van der Waals surface area (Å²) >= 11 is 0. The van der Waals surface area contributed by atoms with Crippen molar-refractivity contribution in [3.05, 3.63) is 35.6 Å². The Kier molecular flexibility index (Phi) is 7.98. The first-order valence-corrected chi connectivity index (χ1v) is 7.52. The van der Waals surface area contributed by atoms with E-state index in [-0.39, 0.29) is 43.0 Å². The molecule has 0 radical (unpaired) electrons. The van der Waals surface area contributed by atoms with Gasteiger partial charge in [0, 0.05) is 13.1 Å². The maximum absolute atomic E-state index is 13.0. The summed E-state index contributed by atoms with van der Waals surface area (Å²) in [5, 5.41) is 5.72. The van der Waals surface area contributed by atoms with Gasteiger partial charge in [0.2, 0.25) is 11.8 Å². The average Bonchev–Trinajstić information content (AvgIpc) is 2.94. The average molecular weight is 344 g/mol. The third-order valence-electron chi connectivity index (χ3n) is 3.82. The maximum atomic E-state index is 13.0. The molecule has 0 aromatic heterocycles. The van der Waals surface area contributed by atoms with Crippen molar-refractivity contribution in [2.45, 2.75) is 12.8 Å². The Morgan fingerprint density at radius 2 is 2.17 bits per heavy atom. The largest absolute Gasteiger partial charge is 0.347 e. The molecule has 1 fully saturated rings. The van der Waals surface area contributed by atoms with Crippen LogP contribution in [-0.2, 0) is 16.0 Å².